The van der Waals surface area contributed by atoms with Gasteiger partial charge in [0, 0.05) is 13.2 Å². The Labute approximate surface area is 148 Å². The van der Waals surface area contributed by atoms with Gasteiger partial charge < -0.3 is 4.57 Å². The zero-order valence-corrected chi connectivity index (χ0v) is 15.1. The van der Waals surface area contributed by atoms with Gasteiger partial charge in [-0.3, -0.25) is 4.98 Å². The standard InChI is InChI=1S/C17H16F3N3O2S/c1-4-26(24,25)14-8-11(17(18,19)20)9-21-15(14)16-22-12-7-10(2)5-6-13(12)23(16)3/h5-9H,4H2,1-3H3. The topological polar surface area (TPSA) is 64.8 Å². The van der Waals surface area contributed by atoms with Crippen molar-refractivity contribution < 1.29 is 21.6 Å². The van der Waals surface area contributed by atoms with Gasteiger partial charge in [-0.25, -0.2) is 13.4 Å². The minimum absolute atomic E-state index is 0.0868. The van der Waals surface area contributed by atoms with Crippen LogP contribution in [0.3, 0.4) is 0 Å². The number of hydrogen-bond donors (Lipinski definition) is 0. The monoisotopic (exact) mass is 383 g/mol. The van der Waals surface area contributed by atoms with Crippen LogP contribution in [0.15, 0.2) is 35.4 Å². The van der Waals surface area contributed by atoms with Gasteiger partial charge in [-0.15, -0.1) is 0 Å². The molecule has 3 aromatic rings. The van der Waals surface area contributed by atoms with Gasteiger partial charge in [-0.05, 0) is 30.7 Å². The van der Waals surface area contributed by atoms with E-state index in [0.29, 0.717) is 17.8 Å². The minimum Gasteiger partial charge on any atom is -0.326 e. The summed E-state index contributed by atoms with van der Waals surface area (Å²) in [6, 6.07) is 6.14. The Hall–Kier alpha value is -2.42. The molecule has 0 N–H and O–H groups in total. The summed E-state index contributed by atoms with van der Waals surface area (Å²) in [5.41, 5.74) is 1.11. The molecule has 0 spiro atoms. The third kappa shape index (κ3) is 3.07. The van der Waals surface area contributed by atoms with Crippen molar-refractivity contribution in [2.75, 3.05) is 5.75 Å². The first-order valence-corrected chi connectivity index (χ1v) is 9.43. The van der Waals surface area contributed by atoms with E-state index in [1.54, 1.807) is 11.6 Å². The molecule has 1 aromatic carbocycles. The van der Waals surface area contributed by atoms with E-state index in [9.17, 15) is 21.6 Å². The fourth-order valence-electron chi connectivity index (χ4n) is 2.68. The number of nitrogens with zero attached hydrogens (tertiary/aromatic N) is 3. The van der Waals surface area contributed by atoms with E-state index in [1.165, 1.54) is 6.92 Å². The predicted octanol–water partition coefficient (Wildman–Crippen LogP) is 3.76. The highest BCUT2D eigenvalue weighted by atomic mass is 32.2. The molecule has 3 rings (SSSR count). The van der Waals surface area contributed by atoms with Crippen LogP contribution in [0.25, 0.3) is 22.6 Å². The van der Waals surface area contributed by atoms with Crippen LogP contribution in [0.2, 0.25) is 0 Å². The summed E-state index contributed by atoms with van der Waals surface area (Å²) >= 11 is 0. The van der Waals surface area contributed by atoms with Gasteiger partial charge in [0.1, 0.15) is 5.69 Å². The lowest BCUT2D eigenvalue weighted by molar-refractivity contribution is -0.138. The first-order valence-electron chi connectivity index (χ1n) is 7.78. The Morgan fingerprint density at radius 3 is 2.50 bits per heavy atom. The normalized spacial score (nSPS) is 12.7. The second kappa shape index (κ2) is 6.08. The number of sulfone groups is 1. The Morgan fingerprint density at radius 2 is 1.88 bits per heavy atom. The van der Waals surface area contributed by atoms with Gasteiger partial charge in [-0.2, -0.15) is 13.2 Å². The quantitative estimate of drug-likeness (QED) is 0.691. The highest BCUT2D eigenvalue weighted by Gasteiger charge is 2.34. The van der Waals surface area contributed by atoms with Crippen molar-refractivity contribution in [3.05, 3.63) is 41.6 Å². The fraction of sp³-hybridized carbons (Fsp3) is 0.294. The Kier molecular flexibility index (Phi) is 4.30. The highest BCUT2D eigenvalue weighted by Crippen LogP contribution is 2.34. The number of halogens is 3. The molecule has 0 bridgehead atoms. The molecule has 0 atom stereocenters. The summed E-state index contributed by atoms with van der Waals surface area (Å²) in [5, 5.41) is 0. The number of aromatic nitrogens is 3. The maximum Gasteiger partial charge on any atom is 0.417 e. The molecule has 26 heavy (non-hydrogen) atoms. The number of imidazole rings is 1. The Morgan fingerprint density at radius 1 is 1.19 bits per heavy atom. The molecular weight excluding hydrogens is 367 g/mol. The van der Waals surface area contributed by atoms with Crippen molar-refractivity contribution >= 4 is 20.9 Å². The lowest BCUT2D eigenvalue weighted by Gasteiger charge is -2.12. The first-order chi connectivity index (χ1) is 12.0. The summed E-state index contributed by atoms with van der Waals surface area (Å²) < 4.78 is 65.5. The Balaban J connectivity index is 2.33. The number of aryl methyl sites for hydroxylation is 2. The molecule has 5 nitrogen and oxygen atoms in total. The van der Waals surface area contributed by atoms with Crippen LogP contribution < -0.4 is 0 Å². The molecular formula is C17H16F3N3O2S. The summed E-state index contributed by atoms with van der Waals surface area (Å²) in [4.78, 5) is 7.76. The average Bonchev–Trinajstić information content (AvgIpc) is 2.89. The molecule has 0 aliphatic heterocycles. The van der Waals surface area contributed by atoms with E-state index in [2.05, 4.69) is 9.97 Å². The van der Waals surface area contributed by atoms with E-state index in [-0.39, 0.29) is 17.3 Å². The number of alkyl halides is 3. The largest absolute Gasteiger partial charge is 0.417 e. The molecule has 2 heterocycles. The van der Waals surface area contributed by atoms with Gasteiger partial charge in [0.2, 0.25) is 0 Å². The first kappa shape index (κ1) is 18.4. The molecule has 0 aliphatic carbocycles. The third-order valence-corrected chi connectivity index (χ3v) is 5.88. The van der Waals surface area contributed by atoms with Gasteiger partial charge in [0.25, 0.3) is 0 Å². The number of pyridine rings is 1. The molecule has 0 saturated heterocycles. The smallest absolute Gasteiger partial charge is 0.326 e. The van der Waals surface area contributed by atoms with Crippen LogP contribution in [-0.4, -0.2) is 28.7 Å². The molecule has 0 amide bonds. The predicted molar refractivity (Wildman–Crippen MR) is 91.4 cm³/mol. The van der Waals surface area contributed by atoms with Crippen LogP contribution >= 0.6 is 0 Å². The maximum atomic E-state index is 13.0. The maximum absolute atomic E-state index is 13.0. The van der Waals surface area contributed by atoms with Crippen molar-refractivity contribution in [3.8, 4) is 11.5 Å². The summed E-state index contributed by atoms with van der Waals surface area (Å²) in [6.45, 7) is 3.26. The zero-order chi connectivity index (χ0) is 19.3. The fourth-order valence-corrected chi connectivity index (χ4v) is 3.74. The highest BCUT2D eigenvalue weighted by molar-refractivity contribution is 7.91. The SMILES string of the molecule is CCS(=O)(=O)c1cc(C(F)(F)F)cnc1-c1nc2cc(C)ccc2n1C. The molecule has 0 aliphatic rings. The summed E-state index contributed by atoms with van der Waals surface area (Å²) in [5.74, 6) is -0.141. The lowest BCUT2D eigenvalue weighted by atomic mass is 10.2. The molecule has 0 fully saturated rings. The van der Waals surface area contributed by atoms with Gasteiger partial charge in [-0.1, -0.05) is 13.0 Å². The number of benzene rings is 1. The van der Waals surface area contributed by atoms with Gasteiger partial charge >= 0.3 is 6.18 Å². The summed E-state index contributed by atoms with van der Waals surface area (Å²) in [6.07, 6.45) is -4.05. The second-order valence-electron chi connectivity index (χ2n) is 5.96. The van der Waals surface area contributed by atoms with Crippen molar-refractivity contribution in [2.45, 2.75) is 24.9 Å². The Bertz CT molecular complexity index is 1100. The van der Waals surface area contributed by atoms with Crippen molar-refractivity contribution in [3.63, 3.8) is 0 Å². The minimum atomic E-state index is -4.69. The zero-order valence-electron chi connectivity index (χ0n) is 14.3. The van der Waals surface area contributed by atoms with Crippen LogP contribution in [0.4, 0.5) is 13.2 Å². The van der Waals surface area contributed by atoms with Crippen molar-refractivity contribution in [2.24, 2.45) is 7.05 Å². The van der Waals surface area contributed by atoms with Crippen molar-refractivity contribution in [1.82, 2.24) is 14.5 Å². The lowest BCUT2D eigenvalue weighted by Crippen LogP contribution is -2.13. The number of hydrogen-bond acceptors (Lipinski definition) is 4. The van der Waals surface area contributed by atoms with Crippen LogP contribution in [0, 0.1) is 6.92 Å². The second-order valence-corrected chi connectivity index (χ2v) is 8.21. The number of rotatable bonds is 3. The van der Waals surface area contributed by atoms with E-state index >= 15 is 0 Å². The van der Waals surface area contributed by atoms with Gasteiger partial charge in [0.15, 0.2) is 15.7 Å². The number of fused-ring (bicyclic) bond motifs is 1. The van der Waals surface area contributed by atoms with Crippen LogP contribution in [0.1, 0.15) is 18.1 Å². The average molecular weight is 383 g/mol. The summed E-state index contributed by atoms with van der Waals surface area (Å²) in [7, 11) is -2.27. The van der Waals surface area contributed by atoms with Gasteiger partial charge in [0.05, 0.1) is 27.2 Å². The molecule has 138 valence electrons. The molecule has 2 aromatic heterocycles. The third-order valence-electron chi connectivity index (χ3n) is 4.14. The van der Waals surface area contributed by atoms with E-state index in [4.69, 9.17) is 0 Å². The van der Waals surface area contributed by atoms with E-state index < -0.39 is 26.5 Å². The van der Waals surface area contributed by atoms with E-state index in [0.717, 1.165) is 11.1 Å². The van der Waals surface area contributed by atoms with Crippen LogP contribution in [-0.2, 0) is 23.1 Å². The van der Waals surface area contributed by atoms with Crippen molar-refractivity contribution in [1.29, 1.82) is 0 Å². The molecule has 0 saturated carbocycles. The molecule has 0 unspecified atom stereocenters. The van der Waals surface area contributed by atoms with Crippen LogP contribution in [0.5, 0.6) is 0 Å². The molecule has 0 radical (unpaired) electrons. The van der Waals surface area contributed by atoms with E-state index in [1.807, 2.05) is 25.1 Å². The molecule has 9 heteroatoms.